The van der Waals surface area contributed by atoms with Crippen LogP contribution in [0.15, 0.2) is 10.3 Å². The van der Waals surface area contributed by atoms with Crippen molar-refractivity contribution in [1.82, 2.24) is 4.37 Å². The first-order valence-electron chi connectivity index (χ1n) is 2.86. The normalized spacial score (nSPS) is 9.64. The number of hydrogen-bond acceptors (Lipinski definition) is 5. The summed E-state index contributed by atoms with van der Waals surface area (Å²) in [5, 5.41) is 1.83. The van der Waals surface area contributed by atoms with Gasteiger partial charge in [0.1, 0.15) is 0 Å². The Bertz CT molecular complexity index is 259. The molecule has 0 fully saturated rings. The standard InChI is InChI=1S/C6H7NO2S2/c1-9-6(8)5-4(10-2)3-11-7-5/h3H,1-2H3. The largest absolute Gasteiger partial charge is 0.464 e. The number of carbonyl (C=O) groups excluding carboxylic acids is 1. The van der Waals surface area contributed by atoms with Crippen LogP contribution in [0.25, 0.3) is 0 Å². The van der Waals surface area contributed by atoms with Crippen LogP contribution in [-0.2, 0) is 4.74 Å². The monoisotopic (exact) mass is 189 g/mol. The fourth-order valence-electron chi connectivity index (χ4n) is 0.607. The van der Waals surface area contributed by atoms with E-state index in [9.17, 15) is 4.79 Å². The molecule has 1 rings (SSSR count). The Morgan fingerprint density at radius 3 is 3.09 bits per heavy atom. The lowest BCUT2D eigenvalue weighted by atomic mass is 10.4. The predicted molar refractivity (Wildman–Crippen MR) is 45.2 cm³/mol. The smallest absolute Gasteiger partial charge is 0.358 e. The van der Waals surface area contributed by atoms with E-state index in [1.165, 1.54) is 30.4 Å². The molecular formula is C6H7NO2S2. The maximum atomic E-state index is 11.0. The van der Waals surface area contributed by atoms with Crippen molar-refractivity contribution >= 4 is 29.3 Å². The van der Waals surface area contributed by atoms with E-state index < -0.39 is 0 Å². The van der Waals surface area contributed by atoms with E-state index in [0.717, 1.165) is 4.90 Å². The Kier molecular flexibility index (Phi) is 2.90. The van der Waals surface area contributed by atoms with Gasteiger partial charge in [-0.15, -0.1) is 11.8 Å². The molecule has 0 bridgehead atoms. The predicted octanol–water partition coefficient (Wildman–Crippen LogP) is 1.65. The van der Waals surface area contributed by atoms with Gasteiger partial charge in [-0.3, -0.25) is 0 Å². The molecule has 0 amide bonds. The van der Waals surface area contributed by atoms with Crippen molar-refractivity contribution in [1.29, 1.82) is 0 Å². The van der Waals surface area contributed by atoms with Gasteiger partial charge in [0.05, 0.1) is 12.0 Å². The van der Waals surface area contributed by atoms with Crippen LogP contribution in [0, 0.1) is 0 Å². The molecule has 0 aliphatic carbocycles. The van der Waals surface area contributed by atoms with Crippen LogP contribution >= 0.6 is 23.3 Å². The van der Waals surface area contributed by atoms with E-state index in [1.807, 2.05) is 11.6 Å². The van der Waals surface area contributed by atoms with Gasteiger partial charge >= 0.3 is 5.97 Å². The molecule has 0 saturated carbocycles. The molecule has 3 nitrogen and oxygen atoms in total. The molecular weight excluding hydrogens is 182 g/mol. The van der Waals surface area contributed by atoms with Crippen LogP contribution < -0.4 is 0 Å². The highest BCUT2D eigenvalue weighted by Gasteiger charge is 2.13. The first-order valence-corrected chi connectivity index (χ1v) is 4.92. The second kappa shape index (κ2) is 3.73. The summed E-state index contributed by atoms with van der Waals surface area (Å²) in [6, 6.07) is 0. The van der Waals surface area contributed by atoms with Crippen molar-refractivity contribution in [3.05, 3.63) is 11.1 Å². The first-order chi connectivity index (χ1) is 5.29. The number of rotatable bonds is 2. The van der Waals surface area contributed by atoms with Gasteiger partial charge in [0.15, 0.2) is 5.69 Å². The molecule has 0 saturated heterocycles. The van der Waals surface area contributed by atoms with Crippen LogP contribution in [0.1, 0.15) is 10.5 Å². The molecule has 5 heteroatoms. The summed E-state index contributed by atoms with van der Waals surface area (Å²) in [5.41, 5.74) is 0.421. The second-order valence-corrected chi connectivity index (χ2v) is 3.20. The average Bonchev–Trinajstić information content (AvgIpc) is 2.50. The molecule has 1 aromatic rings. The molecule has 0 unspecified atom stereocenters. The number of thioether (sulfide) groups is 1. The Hall–Kier alpha value is -0.550. The van der Waals surface area contributed by atoms with Crippen molar-refractivity contribution in [2.45, 2.75) is 4.90 Å². The summed E-state index contributed by atoms with van der Waals surface area (Å²) >= 11 is 2.76. The maximum absolute atomic E-state index is 11.0. The summed E-state index contributed by atoms with van der Waals surface area (Å²) in [7, 11) is 1.35. The quantitative estimate of drug-likeness (QED) is 0.524. The van der Waals surface area contributed by atoms with Gasteiger partial charge < -0.3 is 4.74 Å². The van der Waals surface area contributed by atoms with Crippen LogP contribution in [0.2, 0.25) is 0 Å². The minimum Gasteiger partial charge on any atom is -0.464 e. The third-order valence-electron chi connectivity index (χ3n) is 1.14. The third-order valence-corrected chi connectivity index (χ3v) is 2.67. The van der Waals surface area contributed by atoms with E-state index in [0.29, 0.717) is 5.69 Å². The number of carbonyl (C=O) groups is 1. The van der Waals surface area contributed by atoms with Crippen LogP contribution in [0.3, 0.4) is 0 Å². The Labute approximate surface area is 72.9 Å². The zero-order valence-electron chi connectivity index (χ0n) is 6.16. The molecule has 0 aromatic carbocycles. The summed E-state index contributed by atoms with van der Waals surface area (Å²) in [6.45, 7) is 0. The number of hydrogen-bond donors (Lipinski definition) is 0. The van der Waals surface area contributed by atoms with E-state index in [-0.39, 0.29) is 5.97 Å². The lowest BCUT2D eigenvalue weighted by Gasteiger charge is -1.95. The summed E-state index contributed by atoms with van der Waals surface area (Å²) in [4.78, 5) is 11.8. The SMILES string of the molecule is COC(=O)c1nscc1SC. The lowest BCUT2D eigenvalue weighted by Crippen LogP contribution is -2.02. The van der Waals surface area contributed by atoms with Crippen LogP contribution in [0.4, 0.5) is 0 Å². The highest BCUT2D eigenvalue weighted by molar-refractivity contribution is 7.98. The number of ether oxygens (including phenoxy) is 1. The molecule has 11 heavy (non-hydrogen) atoms. The van der Waals surface area contributed by atoms with Crippen LogP contribution in [0.5, 0.6) is 0 Å². The molecule has 0 N–H and O–H groups in total. The van der Waals surface area contributed by atoms with Gasteiger partial charge in [-0.2, -0.15) is 4.37 Å². The summed E-state index contributed by atoms with van der Waals surface area (Å²) in [5.74, 6) is -0.365. The molecule has 0 atom stereocenters. The van der Waals surface area contributed by atoms with E-state index >= 15 is 0 Å². The van der Waals surface area contributed by atoms with Gasteiger partial charge in [0, 0.05) is 5.38 Å². The third kappa shape index (κ3) is 1.72. The van der Waals surface area contributed by atoms with E-state index in [1.54, 1.807) is 0 Å². The van der Waals surface area contributed by atoms with Gasteiger partial charge in [-0.25, -0.2) is 4.79 Å². The van der Waals surface area contributed by atoms with Gasteiger partial charge in [0.25, 0.3) is 0 Å². The first kappa shape index (κ1) is 8.55. The molecule has 60 valence electrons. The molecule has 0 spiro atoms. The van der Waals surface area contributed by atoms with Crippen molar-refractivity contribution < 1.29 is 9.53 Å². The van der Waals surface area contributed by atoms with Crippen molar-refractivity contribution in [3.8, 4) is 0 Å². The highest BCUT2D eigenvalue weighted by Crippen LogP contribution is 2.21. The summed E-state index contributed by atoms with van der Waals surface area (Å²) in [6.07, 6.45) is 1.90. The fourth-order valence-corrected chi connectivity index (χ4v) is 2.04. The Morgan fingerprint density at radius 1 is 1.82 bits per heavy atom. The zero-order chi connectivity index (χ0) is 8.27. The Morgan fingerprint density at radius 2 is 2.55 bits per heavy atom. The van der Waals surface area contributed by atoms with Crippen molar-refractivity contribution in [2.75, 3.05) is 13.4 Å². The topological polar surface area (TPSA) is 39.2 Å². The van der Waals surface area contributed by atoms with Gasteiger partial charge in [0.2, 0.25) is 0 Å². The number of methoxy groups -OCH3 is 1. The minimum absolute atomic E-state index is 0.365. The molecule has 1 aromatic heterocycles. The van der Waals surface area contributed by atoms with Crippen molar-refractivity contribution in [2.24, 2.45) is 0 Å². The molecule has 0 aliphatic rings. The molecule has 1 heterocycles. The summed E-state index contributed by atoms with van der Waals surface area (Å²) < 4.78 is 8.43. The maximum Gasteiger partial charge on any atom is 0.358 e. The van der Waals surface area contributed by atoms with E-state index in [2.05, 4.69) is 9.11 Å². The molecule has 0 aliphatic heterocycles. The van der Waals surface area contributed by atoms with Gasteiger partial charge in [-0.1, -0.05) is 0 Å². The minimum atomic E-state index is -0.365. The van der Waals surface area contributed by atoms with E-state index in [4.69, 9.17) is 0 Å². The second-order valence-electron chi connectivity index (χ2n) is 1.72. The average molecular weight is 189 g/mol. The fraction of sp³-hybridized carbons (Fsp3) is 0.333. The number of nitrogens with zero attached hydrogens (tertiary/aromatic N) is 1. The van der Waals surface area contributed by atoms with Crippen LogP contribution in [-0.4, -0.2) is 23.7 Å². The lowest BCUT2D eigenvalue weighted by molar-refractivity contribution is 0.0591. The zero-order valence-corrected chi connectivity index (χ0v) is 7.79. The number of esters is 1. The Balaban J connectivity index is 2.92. The highest BCUT2D eigenvalue weighted by atomic mass is 32.2. The van der Waals surface area contributed by atoms with Crippen molar-refractivity contribution in [3.63, 3.8) is 0 Å². The number of aromatic nitrogens is 1. The van der Waals surface area contributed by atoms with Gasteiger partial charge in [-0.05, 0) is 17.8 Å². The molecule has 0 radical (unpaired) electrons.